The minimum absolute atomic E-state index is 0.0171. The van der Waals surface area contributed by atoms with Crippen LogP contribution in [0.15, 0.2) is 35.7 Å². The first-order chi connectivity index (χ1) is 17.8. The molecule has 1 aromatic carbocycles. The second kappa shape index (κ2) is 12.8. The summed E-state index contributed by atoms with van der Waals surface area (Å²) in [5, 5.41) is 5.08. The summed E-state index contributed by atoms with van der Waals surface area (Å²) in [7, 11) is 0. The first-order valence-corrected chi connectivity index (χ1v) is 14.6. The molecule has 0 bridgehead atoms. The molecular weight excluding hydrogens is 484 g/mol. The van der Waals surface area contributed by atoms with Gasteiger partial charge in [-0.1, -0.05) is 26.0 Å². The van der Waals surface area contributed by atoms with E-state index in [0.29, 0.717) is 25.6 Å². The average Bonchev–Trinajstić information content (AvgIpc) is 3.56. The molecule has 8 heteroatoms. The second-order valence-corrected chi connectivity index (χ2v) is 11.8. The fourth-order valence-corrected chi connectivity index (χ4v) is 6.04. The lowest BCUT2D eigenvalue weighted by atomic mass is 10.00. The van der Waals surface area contributed by atoms with Crippen molar-refractivity contribution in [1.29, 1.82) is 0 Å². The Kier molecular flexibility index (Phi) is 9.49. The van der Waals surface area contributed by atoms with E-state index in [9.17, 15) is 9.59 Å². The van der Waals surface area contributed by atoms with E-state index in [1.165, 1.54) is 28.8 Å². The molecule has 1 atom stereocenters. The predicted molar refractivity (Wildman–Crippen MR) is 149 cm³/mol. The topological polar surface area (TPSA) is 65.1 Å². The highest BCUT2D eigenvalue weighted by molar-refractivity contribution is 7.10. The summed E-state index contributed by atoms with van der Waals surface area (Å²) in [6.07, 6.45) is 3.25. The summed E-state index contributed by atoms with van der Waals surface area (Å²) in [5.74, 6) is 1.25. The van der Waals surface area contributed by atoms with Crippen molar-refractivity contribution in [2.24, 2.45) is 0 Å². The first kappa shape index (κ1) is 27.5. The normalized spacial score (nSPS) is 17.8. The van der Waals surface area contributed by atoms with Crippen LogP contribution in [0.5, 0.6) is 5.75 Å². The van der Waals surface area contributed by atoms with Gasteiger partial charge in [0.05, 0.1) is 6.04 Å². The number of benzene rings is 1. The Morgan fingerprint density at radius 1 is 1.08 bits per heavy atom. The van der Waals surface area contributed by atoms with Crippen LogP contribution >= 0.6 is 11.3 Å². The Balaban J connectivity index is 1.45. The molecule has 0 aliphatic carbocycles. The fraction of sp³-hybridized carbons (Fsp3) is 0.586. The van der Waals surface area contributed by atoms with Crippen molar-refractivity contribution in [3.8, 4) is 5.75 Å². The number of nitrogens with one attached hydrogen (secondary N) is 1. The van der Waals surface area contributed by atoms with Gasteiger partial charge in [-0.2, -0.15) is 0 Å². The third-order valence-corrected chi connectivity index (χ3v) is 8.28. The summed E-state index contributed by atoms with van der Waals surface area (Å²) in [4.78, 5) is 34.0. The second-order valence-electron chi connectivity index (χ2n) is 10.8. The van der Waals surface area contributed by atoms with Gasteiger partial charge in [0.15, 0.2) is 0 Å². The number of hydrogen-bond acceptors (Lipinski definition) is 5. The number of nitrogens with zero attached hydrogens (tertiary/aromatic N) is 3. The highest BCUT2D eigenvalue weighted by Gasteiger charge is 2.33. The standard InChI is InChI=1S/C29H42N4O3S/c1-21(2)23-7-9-24(10-8-23)36-20-26-25-12-18-37-27(25)11-15-33(26)28(34)19-32(29(35)30-22(3)4)17-16-31-13-5-6-14-31/h7-10,12,18,21-22,26H,5-6,11,13-17,19-20H2,1-4H3,(H,30,35)/t26-/m0/s1. The number of fused-ring (bicyclic) bond motifs is 1. The first-order valence-electron chi connectivity index (χ1n) is 13.7. The number of rotatable bonds is 10. The van der Waals surface area contributed by atoms with Gasteiger partial charge in [0.1, 0.15) is 18.9 Å². The SMILES string of the molecule is CC(C)NC(=O)N(CCN1CCCC1)CC(=O)N1CCc2sccc2[C@@H]1COc1ccc(C(C)C)cc1. The van der Waals surface area contributed by atoms with Gasteiger partial charge >= 0.3 is 6.03 Å². The molecule has 7 nitrogen and oxygen atoms in total. The number of thiophene rings is 1. The lowest BCUT2D eigenvalue weighted by Gasteiger charge is -2.37. The molecule has 2 aromatic rings. The number of ether oxygens (including phenoxy) is 1. The third kappa shape index (κ3) is 7.26. The van der Waals surface area contributed by atoms with Crippen LogP contribution in [-0.4, -0.2) is 78.6 Å². The van der Waals surface area contributed by atoms with Gasteiger partial charge in [0.2, 0.25) is 5.91 Å². The van der Waals surface area contributed by atoms with Gasteiger partial charge < -0.3 is 24.8 Å². The van der Waals surface area contributed by atoms with E-state index in [2.05, 4.69) is 47.6 Å². The van der Waals surface area contributed by atoms with Crippen LogP contribution in [0.3, 0.4) is 0 Å². The zero-order valence-electron chi connectivity index (χ0n) is 22.7. The zero-order valence-corrected chi connectivity index (χ0v) is 23.6. The molecule has 37 heavy (non-hydrogen) atoms. The average molecular weight is 527 g/mol. The van der Waals surface area contributed by atoms with E-state index in [4.69, 9.17) is 4.74 Å². The summed E-state index contributed by atoms with van der Waals surface area (Å²) in [5.41, 5.74) is 2.44. The van der Waals surface area contributed by atoms with Crippen LogP contribution < -0.4 is 10.1 Å². The van der Waals surface area contributed by atoms with Crippen molar-refractivity contribution >= 4 is 23.3 Å². The van der Waals surface area contributed by atoms with Crippen LogP contribution in [0.4, 0.5) is 4.79 Å². The van der Waals surface area contributed by atoms with E-state index < -0.39 is 0 Å². The molecule has 0 saturated carbocycles. The van der Waals surface area contributed by atoms with E-state index in [1.807, 2.05) is 30.9 Å². The zero-order chi connectivity index (χ0) is 26.4. The smallest absolute Gasteiger partial charge is 0.318 e. The van der Waals surface area contributed by atoms with Gasteiger partial charge in [-0.15, -0.1) is 11.3 Å². The van der Waals surface area contributed by atoms with Crippen molar-refractivity contribution in [3.05, 3.63) is 51.7 Å². The van der Waals surface area contributed by atoms with E-state index in [1.54, 1.807) is 16.2 Å². The van der Waals surface area contributed by atoms with E-state index >= 15 is 0 Å². The minimum atomic E-state index is -0.172. The number of carbonyl (C=O) groups is 2. The minimum Gasteiger partial charge on any atom is -0.491 e. The Bertz CT molecular complexity index is 1030. The van der Waals surface area contributed by atoms with Crippen LogP contribution in [-0.2, 0) is 11.2 Å². The number of urea groups is 1. The molecule has 4 rings (SSSR count). The van der Waals surface area contributed by atoms with E-state index in [0.717, 1.165) is 31.8 Å². The monoisotopic (exact) mass is 526 g/mol. The van der Waals surface area contributed by atoms with Gasteiger partial charge in [0, 0.05) is 30.6 Å². The quantitative estimate of drug-likeness (QED) is 0.479. The molecule has 2 aliphatic rings. The molecule has 1 aromatic heterocycles. The molecule has 0 spiro atoms. The Morgan fingerprint density at radius 2 is 1.81 bits per heavy atom. The molecule has 3 amide bonds. The number of carbonyl (C=O) groups excluding carboxylic acids is 2. The van der Waals surface area contributed by atoms with Gasteiger partial charge in [0.25, 0.3) is 0 Å². The fourth-order valence-electron chi connectivity index (χ4n) is 5.11. The Hall–Kier alpha value is -2.58. The molecule has 2 aliphatic heterocycles. The molecule has 3 heterocycles. The van der Waals surface area contributed by atoms with Crippen molar-refractivity contribution in [2.75, 3.05) is 45.9 Å². The van der Waals surface area contributed by atoms with Crippen LogP contribution in [0.2, 0.25) is 0 Å². The molecule has 1 fully saturated rings. The lowest BCUT2D eigenvalue weighted by Crippen LogP contribution is -2.52. The maximum absolute atomic E-state index is 13.7. The lowest BCUT2D eigenvalue weighted by molar-refractivity contribution is -0.135. The predicted octanol–water partition coefficient (Wildman–Crippen LogP) is 4.89. The molecular formula is C29H42N4O3S. The van der Waals surface area contributed by atoms with Crippen LogP contribution in [0.25, 0.3) is 0 Å². The van der Waals surface area contributed by atoms with Gasteiger partial charge in [-0.3, -0.25) is 4.79 Å². The number of likely N-dealkylation sites (tertiary alicyclic amines) is 1. The van der Waals surface area contributed by atoms with Crippen molar-refractivity contribution < 1.29 is 14.3 Å². The summed E-state index contributed by atoms with van der Waals surface area (Å²) < 4.78 is 6.22. The van der Waals surface area contributed by atoms with Gasteiger partial charge in [-0.25, -0.2) is 4.79 Å². The number of amides is 3. The molecule has 202 valence electrons. The highest BCUT2D eigenvalue weighted by atomic mass is 32.1. The maximum Gasteiger partial charge on any atom is 0.318 e. The molecule has 1 saturated heterocycles. The summed E-state index contributed by atoms with van der Waals surface area (Å²) in [6, 6.07) is 10.0. The van der Waals surface area contributed by atoms with Gasteiger partial charge in [-0.05, 0) is 86.8 Å². The molecule has 0 unspecified atom stereocenters. The van der Waals surface area contributed by atoms with Crippen LogP contribution in [0, 0.1) is 0 Å². The maximum atomic E-state index is 13.7. The summed E-state index contributed by atoms with van der Waals surface area (Å²) >= 11 is 1.74. The van der Waals surface area contributed by atoms with Crippen LogP contribution in [0.1, 0.15) is 68.5 Å². The van der Waals surface area contributed by atoms with Crippen molar-refractivity contribution in [2.45, 2.75) is 65.0 Å². The van der Waals surface area contributed by atoms with Crippen molar-refractivity contribution in [3.63, 3.8) is 0 Å². The Morgan fingerprint density at radius 3 is 2.49 bits per heavy atom. The van der Waals surface area contributed by atoms with E-state index in [-0.39, 0.29) is 30.6 Å². The largest absolute Gasteiger partial charge is 0.491 e. The molecule has 0 radical (unpaired) electrons. The Labute approximate surface area is 225 Å². The molecule has 1 N–H and O–H groups in total. The highest BCUT2D eigenvalue weighted by Crippen LogP contribution is 2.34. The van der Waals surface area contributed by atoms with Crippen molar-refractivity contribution in [1.82, 2.24) is 20.0 Å². The summed E-state index contributed by atoms with van der Waals surface area (Å²) in [6.45, 7) is 12.8. The number of hydrogen-bond donors (Lipinski definition) is 1. The third-order valence-electron chi connectivity index (χ3n) is 7.28.